The van der Waals surface area contributed by atoms with E-state index < -0.39 is 5.60 Å². The Hall–Kier alpha value is -2.14. The molecule has 1 heterocycles. The van der Waals surface area contributed by atoms with Crippen molar-refractivity contribution in [2.24, 2.45) is 7.05 Å². The van der Waals surface area contributed by atoms with E-state index in [0.29, 0.717) is 12.0 Å². The lowest BCUT2D eigenvalue weighted by Crippen LogP contribution is -2.27. The molecule has 0 aliphatic rings. The summed E-state index contributed by atoms with van der Waals surface area (Å²) in [6.45, 7) is 9.56. The predicted molar refractivity (Wildman–Crippen MR) is 99.6 cm³/mol. The molecule has 2 N–H and O–H groups in total. The van der Waals surface area contributed by atoms with Crippen molar-refractivity contribution in [2.45, 2.75) is 59.1 Å². The van der Waals surface area contributed by atoms with Crippen LogP contribution in [-0.2, 0) is 13.5 Å². The number of carbonyl (C=O) groups is 1. The van der Waals surface area contributed by atoms with Crippen LogP contribution in [0.5, 0.6) is 0 Å². The largest absolute Gasteiger partial charge is 0.390 e. The summed E-state index contributed by atoms with van der Waals surface area (Å²) in [6, 6.07) is 7.48. The number of nitrogens with one attached hydrogen (secondary N) is 1. The summed E-state index contributed by atoms with van der Waals surface area (Å²) in [5.74, 6) is -0.0933. The van der Waals surface area contributed by atoms with Crippen molar-refractivity contribution in [1.82, 2.24) is 15.1 Å². The van der Waals surface area contributed by atoms with Crippen molar-refractivity contribution in [3.8, 4) is 0 Å². The first-order chi connectivity index (χ1) is 11.6. The Balaban J connectivity index is 2.03. The third-order valence-electron chi connectivity index (χ3n) is 4.59. The highest BCUT2D eigenvalue weighted by Gasteiger charge is 2.19. The topological polar surface area (TPSA) is 67.2 Å². The molecule has 0 radical (unpaired) electrons. The quantitative estimate of drug-likeness (QED) is 0.846. The van der Waals surface area contributed by atoms with Crippen molar-refractivity contribution in [3.05, 3.63) is 52.3 Å². The number of benzene rings is 1. The molecule has 1 aromatic carbocycles. The number of aromatic nitrogens is 2. The Morgan fingerprint density at radius 1 is 1.28 bits per heavy atom. The molecule has 0 saturated heterocycles. The fraction of sp³-hybridized carbons (Fsp3) is 0.500. The Bertz CT molecular complexity index is 740. The van der Waals surface area contributed by atoms with Gasteiger partial charge in [0.15, 0.2) is 0 Å². The van der Waals surface area contributed by atoms with Gasteiger partial charge in [-0.2, -0.15) is 5.10 Å². The molecule has 5 nitrogen and oxygen atoms in total. The Kier molecular flexibility index (Phi) is 5.68. The molecule has 2 aromatic rings. The van der Waals surface area contributed by atoms with Crippen LogP contribution < -0.4 is 5.32 Å². The smallest absolute Gasteiger partial charge is 0.251 e. The normalized spacial score (nSPS) is 12.9. The van der Waals surface area contributed by atoms with Crippen LogP contribution in [0.3, 0.4) is 0 Å². The fourth-order valence-corrected chi connectivity index (χ4v) is 3.04. The number of hydrogen-bond donors (Lipinski definition) is 2. The van der Waals surface area contributed by atoms with Crippen LogP contribution in [0.4, 0.5) is 0 Å². The van der Waals surface area contributed by atoms with E-state index in [1.807, 2.05) is 56.8 Å². The minimum atomic E-state index is -0.676. The van der Waals surface area contributed by atoms with Gasteiger partial charge in [0.25, 0.3) is 5.91 Å². The maximum atomic E-state index is 12.5. The van der Waals surface area contributed by atoms with Crippen LogP contribution in [0, 0.1) is 13.8 Å². The number of aliphatic hydroxyl groups is 1. The zero-order chi connectivity index (χ0) is 18.8. The summed E-state index contributed by atoms with van der Waals surface area (Å²) in [7, 11) is 1.91. The summed E-state index contributed by atoms with van der Waals surface area (Å²) >= 11 is 0. The second-order valence-corrected chi connectivity index (χ2v) is 7.41. The highest BCUT2D eigenvalue weighted by molar-refractivity contribution is 5.94. The molecule has 1 atom stereocenters. The van der Waals surface area contributed by atoms with E-state index >= 15 is 0 Å². The van der Waals surface area contributed by atoms with Crippen molar-refractivity contribution < 1.29 is 9.90 Å². The van der Waals surface area contributed by atoms with E-state index in [-0.39, 0.29) is 11.9 Å². The van der Waals surface area contributed by atoms with Gasteiger partial charge in [-0.25, -0.2) is 0 Å². The van der Waals surface area contributed by atoms with Gasteiger partial charge in [0, 0.05) is 23.9 Å². The molecule has 0 spiro atoms. The molecule has 0 bridgehead atoms. The van der Waals surface area contributed by atoms with Gasteiger partial charge < -0.3 is 10.4 Å². The first kappa shape index (κ1) is 19.2. The Morgan fingerprint density at radius 2 is 1.88 bits per heavy atom. The molecule has 136 valence electrons. The third kappa shape index (κ3) is 4.92. The molecule has 2 rings (SSSR count). The van der Waals surface area contributed by atoms with Gasteiger partial charge in [0.2, 0.25) is 0 Å². The van der Waals surface area contributed by atoms with Crippen molar-refractivity contribution >= 4 is 5.91 Å². The van der Waals surface area contributed by atoms with Gasteiger partial charge in [-0.3, -0.25) is 9.48 Å². The number of nitrogens with zero attached hydrogens (tertiary/aromatic N) is 2. The fourth-order valence-electron chi connectivity index (χ4n) is 3.04. The van der Waals surface area contributed by atoms with Gasteiger partial charge in [-0.05, 0) is 65.2 Å². The van der Waals surface area contributed by atoms with E-state index in [9.17, 15) is 9.90 Å². The van der Waals surface area contributed by atoms with Gasteiger partial charge >= 0.3 is 0 Å². The molecule has 25 heavy (non-hydrogen) atoms. The zero-order valence-corrected chi connectivity index (χ0v) is 16.1. The highest BCUT2D eigenvalue weighted by Crippen LogP contribution is 2.21. The number of rotatable bonds is 6. The van der Waals surface area contributed by atoms with E-state index in [4.69, 9.17) is 0 Å². The standard InChI is InChI=1S/C20H29N3O2/c1-13(18-14(2)22-23(6)15(18)3)21-19(24)17-9-7-16(8-10-17)11-12-20(4,5)25/h7-10,13,25H,11-12H2,1-6H3,(H,21,24)/t13-/m0/s1. The third-order valence-corrected chi connectivity index (χ3v) is 4.59. The lowest BCUT2D eigenvalue weighted by molar-refractivity contribution is 0.0713. The minimum absolute atomic E-state index is 0.0933. The molecule has 5 heteroatoms. The number of aryl methyl sites for hydroxylation is 3. The summed E-state index contributed by atoms with van der Waals surface area (Å²) < 4.78 is 1.84. The van der Waals surface area contributed by atoms with E-state index in [2.05, 4.69) is 10.4 Å². The second-order valence-electron chi connectivity index (χ2n) is 7.41. The number of hydrogen-bond acceptors (Lipinski definition) is 3. The number of amides is 1. The summed E-state index contributed by atoms with van der Waals surface area (Å²) in [5.41, 5.74) is 4.15. The average molecular weight is 343 g/mol. The van der Waals surface area contributed by atoms with Gasteiger partial charge in [0.1, 0.15) is 0 Å². The van der Waals surface area contributed by atoms with Crippen LogP contribution in [-0.4, -0.2) is 26.4 Å². The molecule has 0 aliphatic carbocycles. The van der Waals surface area contributed by atoms with E-state index in [0.717, 1.165) is 28.9 Å². The summed E-state index contributed by atoms with van der Waals surface area (Å²) in [4.78, 5) is 12.5. The second kappa shape index (κ2) is 7.40. The van der Waals surface area contributed by atoms with E-state index in [1.165, 1.54) is 0 Å². The molecular weight excluding hydrogens is 314 g/mol. The lowest BCUT2D eigenvalue weighted by Gasteiger charge is -2.17. The van der Waals surface area contributed by atoms with Crippen LogP contribution >= 0.6 is 0 Å². The van der Waals surface area contributed by atoms with Gasteiger partial charge in [0.05, 0.1) is 17.3 Å². The zero-order valence-electron chi connectivity index (χ0n) is 16.1. The van der Waals surface area contributed by atoms with Crippen molar-refractivity contribution in [2.75, 3.05) is 0 Å². The molecule has 0 saturated carbocycles. The Morgan fingerprint density at radius 3 is 2.36 bits per heavy atom. The van der Waals surface area contributed by atoms with Crippen LogP contribution in [0.1, 0.15) is 66.1 Å². The summed E-state index contributed by atoms with van der Waals surface area (Å²) in [5, 5.41) is 17.3. The minimum Gasteiger partial charge on any atom is -0.390 e. The van der Waals surface area contributed by atoms with Crippen LogP contribution in [0.2, 0.25) is 0 Å². The first-order valence-electron chi connectivity index (χ1n) is 8.71. The molecule has 1 amide bonds. The molecule has 0 aliphatic heterocycles. The van der Waals surface area contributed by atoms with Crippen LogP contribution in [0.15, 0.2) is 24.3 Å². The average Bonchev–Trinajstić information content (AvgIpc) is 2.77. The Labute approximate surface area is 150 Å². The van der Waals surface area contributed by atoms with Crippen molar-refractivity contribution in [1.29, 1.82) is 0 Å². The SMILES string of the molecule is Cc1nn(C)c(C)c1[C@H](C)NC(=O)c1ccc(CCC(C)(C)O)cc1. The predicted octanol–water partition coefficient (Wildman–Crippen LogP) is 3.23. The van der Waals surface area contributed by atoms with Crippen LogP contribution in [0.25, 0.3) is 0 Å². The monoisotopic (exact) mass is 343 g/mol. The lowest BCUT2D eigenvalue weighted by atomic mass is 9.98. The van der Waals surface area contributed by atoms with Gasteiger partial charge in [-0.1, -0.05) is 12.1 Å². The maximum absolute atomic E-state index is 12.5. The first-order valence-corrected chi connectivity index (χ1v) is 8.71. The molecule has 1 aromatic heterocycles. The van der Waals surface area contributed by atoms with E-state index in [1.54, 1.807) is 13.8 Å². The number of carbonyl (C=O) groups excluding carboxylic acids is 1. The summed E-state index contributed by atoms with van der Waals surface area (Å²) in [6.07, 6.45) is 1.48. The molecule has 0 unspecified atom stereocenters. The maximum Gasteiger partial charge on any atom is 0.251 e. The van der Waals surface area contributed by atoms with Gasteiger partial charge in [-0.15, -0.1) is 0 Å². The molecule has 0 fully saturated rings. The van der Waals surface area contributed by atoms with Crippen molar-refractivity contribution in [3.63, 3.8) is 0 Å². The molecular formula is C20H29N3O2. The highest BCUT2D eigenvalue weighted by atomic mass is 16.3.